The van der Waals surface area contributed by atoms with Crippen LogP contribution in [0, 0.1) is 17.0 Å². The maximum atomic E-state index is 11.3. The summed E-state index contributed by atoms with van der Waals surface area (Å²) in [6.07, 6.45) is 0. The first kappa shape index (κ1) is 14.0. The molecule has 2 rings (SSSR count). The van der Waals surface area contributed by atoms with Gasteiger partial charge in [-0.25, -0.2) is 0 Å². The van der Waals surface area contributed by atoms with Gasteiger partial charge in [-0.2, -0.15) is 0 Å². The number of nitrogens with zero attached hydrogens (tertiary/aromatic N) is 4. The second kappa shape index (κ2) is 5.68. The van der Waals surface area contributed by atoms with Gasteiger partial charge >= 0.3 is 0 Å². The summed E-state index contributed by atoms with van der Waals surface area (Å²) in [5.41, 5.74) is 1.19. The number of hydrogen-bond acceptors (Lipinski definition) is 5. The second-order valence-electron chi connectivity index (χ2n) is 4.35. The molecular weight excluding hydrogens is 258 g/mol. The third-order valence-electron chi connectivity index (χ3n) is 3.06. The van der Waals surface area contributed by atoms with Crippen molar-refractivity contribution in [2.24, 2.45) is 0 Å². The Kier molecular flexibility index (Phi) is 3.97. The molecule has 0 saturated heterocycles. The van der Waals surface area contributed by atoms with Crippen LogP contribution in [0.15, 0.2) is 18.2 Å². The van der Waals surface area contributed by atoms with Gasteiger partial charge in [-0.05, 0) is 26.8 Å². The minimum absolute atomic E-state index is 0.0812. The summed E-state index contributed by atoms with van der Waals surface area (Å²) >= 11 is 0. The quantitative estimate of drug-likeness (QED) is 0.669. The molecule has 0 aliphatic carbocycles. The highest BCUT2D eigenvalue weighted by atomic mass is 16.6. The van der Waals surface area contributed by atoms with E-state index in [1.165, 1.54) is 0 Å². The van der Waals surface area contributed by atoms with Crippen molar-refractivity contribution in [3.05, 3.63) is 33.9 Å². The van der Waals surface area contributed by atoms with E-state index in [1.807, 2.05) is 18.4 Å². The zero-order chi connectivity index (χ0) is 14.7. The molecule has 7 heteroatoms. The lowest BCUT2D eigenvalue weighted by atomic mass is 10.1. The van der Waals surface area contributed by atoms with Gasteiger partial charge in [0.15, 0.2) is 5.82 Å². The molecule has 20 heavy (non-hydrogen) atoms. The van der Waals surface area contributed by atoms with Crippen molar-refractivity contribution in [2.45, 2.75) is 27.3 Å². The molecule has 0 unspecified atom stereocenters. The van der Waals surface area contributed by atoms with Gasteiger partial charge in [0.1, 0.15) is 0 Å². The average Bonchev–Trinajstić information content (AvgIpc) is 2.81. The maximum Gasteiger partial charge on any atom is 0.283 e. The Morgan fingerprint density at radius 1 is 1.35 bits per heavy atom. The fourth-order valence-corrected chi connectivity index (χ4v) is 2.17. The van der Waals surface area contributed by atoms with Crippen molar-refractivity contribution in [3.63, 3.8) is 0 Å². The first-order valence-corrected chi connectivity index (χ1v) is 6.51. The van der Waals surface area contributed by atoms with E-state index in [0.717, 1.165) is 0 Å². The maximum absolute atomic E-state index is 11.3. The van der Waals surface area contributed by atoms with E-state index in [0.29, 0.717) is 36.0 Å². The highest BCUT2D eigenvalue weighted by Crippen LogP contribution is 2.32. The van der Waals surface area contributed by atoms with Gasteiger partial charge < -0.3 is 5.32 Å². The fraction of sp³-hybridized carbons (Fsp3) is 0.385. The van der Waals surface area contributed by atoms with E-state index in [4.69, 9.17) is 0 Å². The lowest BCUT2D eigenvalue weighted by Gasteiger charge is -2.09. The number of hydrogen-bond donors (Lipinski definition) is 1. The van der Waals surface area contributed by atoms with Crippen molar-refractivity contribution < 1.29 is 4.92 Å². The van der Waals surface area contributed by atoms with E-state index < -0.39 is 0 Å². The smallest absolute Gasteiger partial charge is 0.283 e. The van der Waals surface area contributed by atoms with Gasteiger partial charge in [0.05, 0.1) is 10.5 Å². The van der Waals surface area contributed by atoms with Crippen LogP contribution in [0.3, 0.4) is 0 Å². The summed E-state index contributed by atoms with van der Waals surface area (Å²) in [5, 5.41) is 22.5. The Balaban J connectivity index is 2.63. The van der Waals surface area contributed by atoms with E-state index >= 15 is 0 Å². The van der Waals surface area contributed by atoms with Crippen molar-refractivity contribution in [1.29, 1.82) is 0 Å². The number of aromatic nitrogens is 3. The molecule has 0 amide bonds. The van der Waals surface area contributed by atoms with Gasteiger partial charge in [-0.1, -0.05) is 12.1 Å². The molecule has 0 spiro atoms. The number of benzene rings is 1. The summed E-state index contributed by atoms with van der Waals surface area (Å²) in [5.74, 6) is 1.14. The third kappa shape index (κ3) is 2.34. The predicted molar refractivity (Wildman–Crippen MR) is 76.7 cm³/mol. The number of anilines is 1. The molecule has 0 radical (unpaired) electrons. The number of para-hydroxylation sites is 1. The lowest BCUT2D eigenvalue weighted by Crippen LogP contribution is -2.07. The molecule has 1 aromatic carbocycles. The number of nitrogens with one attached hydrogen (secondary N) is 1. The topological polar surface area (TPSA) is 85.9 Å². The molecule has 1 N–H and O–H groups in total. The van der Waals surface area contributed by atoms with Gasteiger partial charge in [0, 0.05) is 18.7 Å². The van der Waals surface area contributed by atoms with Crippen molar-refractivity contribution in [3.8, 4) is 11.4 Å². The summed E-state index contributed by atoms with van der Waals surface area (Å²) in [7, 11) is 0. The van der Waals surface area contributed by atoms with Crippen LogP contribution >= 0.6 is 0 Å². The summed E-state index contributed by atoms with van der Waals surface area (Å²) in [6.45, 7) is 6.99. The molecule has 106 valence electrons. The van der Waals surface area contributed by atoms with Crippen LogP contribution in [0.1, 0.15) is 19.4 Å². The van der Waals surface area contributed by atoms with Crippen LogP contribution in [0.5, 0.6) is 0 Å². The summed E-state index contributed by atoms with van der Waals surface area (Å²) in [4.78, 5) is 10.9. The van der Waals surface area contributed by atoms with E-state index in [1.54, 1.807) is 25.1 Å². The van der Waals surface area contributed by atoms with Gasteiger partial charge in [-0.15, -0.1) is 10.2 Å². The third-order valence-corrected chi connectivity index (χ3v) is 3.06. The second-order valence-corrected chi connectivity index (χ2v) is 4.35. The van der Waals surface area contributed by atoms with Crippen LogP contribution < -0.4 is 5.32 Å². The minimum atomic E-state index is -0.369. The molecule has 0 saturated carbocycles. The Bertz CT molecular complexity index is 636. The fourth-order valence-electron chi connectivity index (χ4n) is 2.17. The SMILES string of the molecule is CCNc1nnc(-c2cccc(C)c2[N+](=O)[O-])n1CC. The highest BCUT2D eigenvalue weighted by molar-refractivity contribution is 5.71. The molecule has 1 aromatic heterocycles. The van der Waals surface area contributed by atoms with Gasteiger partial charge in [0.25, 0.3) is 5.69 Å². The molecule has 1 heterocycles. The molecule has 0 bridgehead atoms. The van der Waals surface area contributed by atoms with Crippen molar-refractivity contribution >= 4 is 11.6 Å². The lowest BCUT2D eigenvalue weighted by molar-refractivity contribution is -0.384. The summed E-state index contributed by atoms with van der Waals surface area (Å²) < 4.78 is 1.84. The van der Waals surface area contributed by atoms with Crippen LogP contribution in [-0.2, 0) is 6.54 Å². The van der Waals surface area contributed by atoms with Gasteiger partial charge in [-0.3, -0.25) is 14.7 Å². The molecule has 7 nitrogen and oxygen atoms in total. The molecule has 0 fully saturated rings. The first-order chi connectivity index (χ1) is 9.60. The van der Waals surface area contributed by atoms with Crippen LogP contribution in [0.2, 0.25) is 0 Å². The standard InChI is InChI=1S/C13H17N5O2/c1-4-14-13-16-15-12(17(13)5-2)10-8-6-7-9(3)11(10)18(19)20/h6-8H,4-5H2,1-3H3,(H,14,16). The number of aryl methyl sites for hydroxylation is 1. The molecule has 0 aliphatic rings. The van der Waals surface area contributed by atoms with Crippen molar-refractivity contribution in [1.82, 2.24) is 14.8 Å². The molecular formula is C13H17N5O2. The Hall–Kier alpha value is -2.44. The Morgan fingerprint density at radius 2 is 2.10 bits per heavy atom. The molecule has 0 atom stereocenters. The monoisotopic (exact) mass is 275 g/mol. The van der Waals surface area contributed by atoms with Gasteiger partial charge in [0.2, 0.25) is 5.95 Å². The number of nitro groups is 1. The Labute approximate surface area is 116 Å². The number of nitro benzene ring substituents is 1. The normalized spacial score (nSPS) is 10.6. The van der Waals surface area contributed by atoms with Crippen molar-refractivity contribution in [2.75, 3.05) is 11.9 Å². The predicted octanol–water partition coefficient (Wildman–Crippen LogP) is 2.61. The highest BCUT2D eigenvalue weighted by Gasteiger charge is 2.23. The van der Waals surface area contributed by atoms with Crippen LogP contribution in [0.25, 0.3) is 11.4 Å². The van der Waals surface area contributed by atoms with E-state index in [9.17, 15) is 10.1 Å². The Morgan fingerprint density at radius 3 is 2.70 bits per heavy atom. The zero-order valence-corrected chi connectivity index (χ0v) is 11.8. The molecule has 0 aliphatic heterocycles. The zero-order valence-electron chi connectivity index (χ0n) is 11.8. The van der Waals surface area contributed by atoms with Crippen LogP contribution in [-0.4, -0.2) is 26.2 Å². The summed E-state index contributed by atoms with van der Waals surface area (Å²) in [6, 6.07) is 5.22. The van der Waals surface area contributed by atoms with E-state index in [2.05, 4.69) is 15.5 Å². The largest absolute Gasteiger partial charge is 0.355 e. The first-order valence-electron chi connectivity index (χ1n) is 6.51. The number of rotatable bonds is 5. The van der Waals surface area contributed by atoms with Crippen LogP contribution in [0.4, 0.5) is 11.6 Å². The molecule has 2 aromatic rings. The average molecular weight is 275 g/mol. The van der Waals surface area contributed by atoms with E-state index in [-0.39, 0.29) is 10.6 Å². The minimum Gasteiger partial charge on any atom is -0.355 e.